The maximum atomic E-state index is 5.41. The van der Waals surface area contributed by atoms with Crippen molar-refractivity contribution in [3.05, 3.63) is 18.1 Å². The molecule has 0 aliphatic heterocycles. The summed E-state index contributed by atoms with van der Waals surface area (Å²) in [6, 6.07) is 0. The zero-order valence-electron chi connectivity index (χ0n) is 9.85. The normalized spacial score (nSPS) is 10.9. The highest BCUT2D eigenvalue weighted by Crippen LogP contribution is 1.98. The third-order valence-electron chi connectivity index (χ3n) is 1.80. The minimum absolute atomic E-state index is 0.420. The van der Waals surface area contributed by atoms with Crippen molar-refractivity contribution in [3.8, 4) is 0 Å². The van der Waals surface area contributed by atoms with Crippen molar-refractivity contribution in [1.29, 1.82) is 0 Å². The van der Waals surface area contributed by atoms with Crippen LogP contribution >= 0.6 is 0 Å². The number of hydrogen-bond donors (Lipinski definition) is 1. The fourth-order valence-electron chi connectivity index (χ4n) is 1.05. The smallest absolute Gasteiger partial charge is 0.141 e. The van der Waals surface area contributed by atoms with Gasteiger partial charge in [0.2, 0.25) is 0 Å². The van der Waals surface area contributed by atoms with E-state index in [1.807, 2.05) is 0 Å². The van der Waals surface area contributed by atoms with Gasteiger partial charge in [-0.3, -0.25) is 4.98 Å². The molecule has 0 amide bonds. The number of hydrogen-bond acceptors (Lipinski definition) is 5. The Bertz CT molecular complexity index is 288. The lowest BCUT2D eigenvalue weighted by Crippen LogP contribution is -2.09. The first-order valence-electron chi connectivity index (χ1n) is 5.40. The molecule has 0 bridgehead atoms. The van der Waals surface area contributed by atoms with E-state index in [4.69, 9.17) is 15.2 Å². The van der Waals surface area contributed by atoms with Gasteiger partial charge in [-0.05, 0) is 5.92 Å². The highest BCUT2D eigenvalue weighted by Gasteiger charge is 1.97. The summed E-state index contributed by atoms with van der Waals surface area (Å²) in [4.78, 5) is 7.99. The molecule has 0 radical (unpaired) electrons. The van der Waals surface area contributed by atoms with Gasteiger partial charge in [-0.1, -0.05) is 13.8 Å². The molecule has 2 N–H and O–H groups in total. The largest absolute Gasteiger partial charge is 0.382 e. The van der Waals surface area contributed by atoms with Gasteiger partial charge in [0.1, 0.15) is 5.82 Å². The zero-order chi connectivity index (χ0) is 11.8. The lowest BCUT2D eigenvalue weighted by Gasteiger charge is -2.07. The molecular formula is C11H19N3O2. The van der Waals surface area contributed by atoms with Crippen LogP contribution in [0, 0.1) is 5.92 Å². The number of anilines is 1. The van der Waals surface area contributed by atoms with Crippen molar-refractivity contribution in [2.24, 2.45) is 5.92 Å². The third-order valence-corrected chi connectivity index (χ3v) is 1.80. The number of nitrogen functional groups attached to an aromatic ring is 1. The Morgan fingerprint density at radius 3 is 2.56 bits per heavy atom. The molecule has 0 aliphatic rings. The molecule has 90 valence electrons. The van der Waals surface area contributed by atoms with Gasteiger partial charge in [0.25, 0.3) is 0 Å². The van der Waals surface area contributed by atoms with Crippen LogP contribution in [0.2, 0.25) is 0 Å². The predicted molar refractivity (Wildman–Crippen MR) is 61.8 cm³/mol. The van der Waals surface area contributed by atoms with Gasteiger partial charge in [-0.2, -0.15) is 0 Å². The average molecular weight is 225 g/mol. The maximum absolute atomic E-state index is 5.41. The van der Waals surface area contributed by atoms with Crippen LogP contribution in [0.15, 0.2) is 12.4 Å². The summed E-state index contributed by atoms with van der Waals surface area (Å²) in [5.74, 6) is 0.979. The second kappa shape index (κ2) is 7.14. The number of nitrogens with two attached hydrogens (primary N) is 1. The molecule has 5 nitrogen and oxygen atoms in total. The first-order valence-corrected chi connectivity index (χ1v) is 5.40. The molecule has 0 unspecified atom stereocenters. The van der Waals surface area contributed by atoms with Crippen molar-refractivity contribution < 1.29 is 9.47 Å². The van der Waals surface area contributed by atoms with Gasteiger partial charge >= 0.3 is 0 Å². The van der Waals surface area contributed by atoms with Gasteiger partial charge in [0, 0.05) is 6.61 Å². The van der Waals surface area contributed by atoms with Crippen molar-refractivity contribution in [1.82, 2.24) is 9.97 Å². The van der Waals surface area contributed by atoms with E-state index in [0.717, 1.165) is 12.3 Å². The Balaban J connectivity index is 2.05. The summed E-state index contributed by atoms with van der Waals surface area (Å²) in [5, 5.41) is 0. The number of ether oxygens (including phenoxy) is 2. The van der Waals surface area contributed by atoms with Crippen LogP contribution < -0.4 is 5.73 Å². The Hall–Kier alpha value is -1.20. The van der Waals surface area contributed by atoms with Crippen molar-refractivity contribution in [2.45, 2.75) is 20.5 Å². The summed E-state index contributed by atoms with van der Waals surface area (Å²) in [7, 11) is 0. The topological polar surface area (TPSA) is 70.3 Å². The van der Waals surface area contributed by atoms with E-state index in [1.165, 1.54) is 6.20 Å². The van der Waals surface area contributed by atoms with Gasteiger partial charge in [0.05, 0.1) is 37.9 Å². The Morgan fingerprint density at radius 2 is 1.94 bits per heavy atom. The molecule has 0 fully saturated rings. The van der Waals surface area contributed by atoms with Crippen LogP contribution in [0.4, 0.5) is 5.82 Å². The molecule has 16 heavy (non-hydrogen) atoms. The SMILES string of the molecule is CC(C)COCCOCc1cnc(N)cn1. The third kappa shape index (κ3) is 5.63. The highest BCUT2D eigenvalue weighted by atomic mass is 16.5. The lowest BCUT2D eigenvalue weighted by molar-refractivity contribution is 0.0304. The summed E-state index contributed by atoms with van der Waals surface area (Å²) >= 11 is 0. The molecule has 0 saturated carbocycles. The fraction of sp³-hybridized carbons (Fsp3) is 0.636. The molecule has 0 spiro atoms. The Kier molecular flexibility index (Phi) is 5.74. The van der Waals surface area contributed by atoms with Gasteiger partial charge < -0.3 is 15.2 Å². The average Bonchev–Trinajstić information content (AvgIpc) is 2.25. The molecule has 1 aromatic heterocycles. The van der Waals surface area contributed by atoms with Crippen LogP contribution in [-0.4, -0.2) is 29.8 Å². The van der Waals surface area contributed by atoms with E-state index >= 15 is 0 Å². The van der Waals surface area contributed by atoms with Crippen LogP contribution in [0.3, 0.4) is 0 Å². The van der Waals surface area contributed by atoms with E-state index in [1.54, 1.807) is 6.20 Å². The second-order valence-electron chi connectivity index (χ2n) is 3.95. The quantitative estimate of drug-likeness (QED) is 0.707. The van der Waals surface area contributed by atoms with E-state index < -0.39 is 0 Å². The van der Waals surface area contributed by atoms with E-state index in [0.29, 0.717) is 31.6 Å². The van der Waals surface area contributed by atoms with Crippen LogP contribution in [0.25, 0.3) is 0 Å². The van der Waals surface area contributed by atoms with Gasteiger partial charge in [-0.15, -0.1) is 0 Å². The fourth-order valence-corrected chi connectivity index (χ4v) is 1.05. The van der Waals surface area contributed by atoms with Crippen LogP contribution in [0.1, 0.15) is 19.5 Å². The first kappa shape index (κ1) is 12.9. The Labute approximate surface area is 96.0 Å². The second-order valence-corrected chi connectivity index (χ2v) is 3.95. The number of aromatic nitrogens is 2. The number of rotatable bonds is 7. The standard InChI is InChI=1S/C11H19N3O2/c1-9(2)7-15-3-4-16-8-10-5-14-11(12)6-13-10/h5-6,9H,3-4,7-8H2,1-2H3,(H2,12,14). The Morgan fingerprint density at radius 1 is 1.19 bits per heavy atom. The lowest BCUT2D eigenvalue weighted by atomic mass is 10.2. The summed E-state index contributed by atoms with van der Waals surface area (Å²) in [5.41, 5.74) is 6.19. The molecule has 1 heterocycles. The van der Waals surface area contributed by atoms with E-state index in [-0.39, 0.29) is 0 Å². The molecule has 1 aromatic rings. The molecule has 0 saturated heterocycles. The van der Waals surface area contributed by atoms with Crippen molar-refractivity contribution >= 4 is 5.82 Å². The monoisotopic (exact) mass is 225 g/mol. The van der Waals surface area contributed by atoms with E-state index in [2.05, 4.69) is 23.8 Å². The maximum Gasteiger partial charge on any atom is 0.141 e. The summed E-state index contributed by atoms with van der Waals surface area (Å²) in [6.07, 6.45) is 3.14. The van der Waals surface area contributed by atoms with Crippen LogP contribution in [0.5, 0.6) is 0 Å². The zero-order valence-corrected chi connectivity index (χ0v) is 9.85. The molecule has 0 aliphatic carbocycles. The first-order chi connectivity index (χ1) is 7.68. The van der Waals surface area contributed by atoms with Gasteiger partial charge in [0.15, 0.2) is 0 Å². The van der Waals surface area contributed by atoms with Crippen molar-refractivity contribution in [2.75, 3.05) is 25.6 Å². The van der Waals surface area contributed by atoms with Gasteiger partial charge in [-0.25, -0.2) is 4.98 Å². The molecular weight excluding hydrogens is 206 g/mol. The van der Waals surface area contributed by atoms with Crippen LogP contribution in [-0.2, 0) is 16.1 Å². The van der Waals surface area contributed by atoms with Crippen molar-refractivity contribution in [3.63, 3.8) is 0 Å². The van der Waals surface area contributed by atoms with E-state index in [9.17, 15) is 0 Å². The molecule has 5 heteroatoms. The number of nitrogens with zero attached hydrogens (tertiary/aromatic N) is 2. The predicted octanol–water partition coefficient (Wildman–Crippen LogP) is 1.25. The minimum atomic E-state index is 0.420. The molecule has 1 rings (SSSR count). The highest BCUT2D eigenvalue weighted by molar-refractivity contribution is 5.22. The molecule has 0 atom stereocenters. The molecule has 0 aromatic carbocycles. The summed E-state index contributed by atoms with van der Waals surface area (Å²) < 4.78 is 10.7. The minimum Gasteiger partial charge on any atom is -0.382 e. The summed E-state index contributed by atoms with van der Waals surface area (Å²) in [6.45, 7) is 6.62.